The summed E-state index contributed by atoms with van der Waals surface area (Å²) < 4.78 is 11.6. The minimum Gasteiger partial charge on any atom is -0.394 e. The molecule has 9 nitrogen and oxygen atoms in total. The first-order valence-electron chi connectivity index (χ1n) is 12.9. The number of hydrogen-bond donors (Lipinski definition) is 2. The van der Waals surface area contributed by atoms with E-state index in [1.54, 1.807) is 30.7 Å². The maximum absolute atomic E-state index is 13.9. The van der Waals surface area contributed by atoms with Crippen molar-refractivity contribution in [1.29, 1.82) is 0 Å². The molecule has 0 radical (unpaired) electrons. The summed E-state index contributed by atoms with van der Waals surface area (Å²) in [5, 5.41) is 16.8. The molecule has 0 saturated heterocycles. The summed E-state index contributed by atoms with van der Waals surface area (Å²) in [6, 6.07) is 14.7. The Balaban J connectivity index is 1.66. The standard InChI is InChI=1S/C29H36N4O5/c1-18-14-33(19(2)16-34)28(35)25-13-9-8-12-24(25)23-11-7-6-10-22(23)17-37-26(18)15-32(5)29(36)30-27-20(3)31-38-21(27)4/h6-13,18-19,26,34H,14-17H2,1-5H3,(H,30,36)/t18-,19+,26+/m0/s1. The number of aryl methyl sites for hydroxylation is 2. The predicted octanol–water partition coefficient (Wildman–Crippen LogP) is 4.48. The van der Waals surface area contributed by atoms with E-state index in [-0.39, 0.29) is 30.6 Å². The lowest BCUT2D eigenvalue weighted by Gasteiger charge is -2.35. The van der Waals surface area contributed by atoms with Crippen LogP contribution < -0.4 is 5.32 Å². The molecular formula is C29H36N4O5. The minimum atomic E-state index is -0.393. The van der Waals surface area contributed by atoms with Crippen molar-refractivity contribution in [3.63, 3.8) is 0 Å². The lowest BCUT2D eigenvalue weighted by molar-refractivity contribution is -0.0178. The van der Waals surface area contributed by atoms with Crippen molar-refractivity contribution >= 4 is 17.6 Å². The van der Waals surface area contributed by atoms with Crippen LogP contribution in [0.3, 0.4) is 0 Å². The van der Waals surface area contributed by atoms with Gasteiger partial charge in [-0.2, -0.15) is 0 Å². The number of likely N-dealkylation sites (N-methyl/N-ethyl adjacent to an activating group) is 1. The molecular weight excluding hydrogens is 484 g/mol. The third-order valence-corrected chi connectivity index (χ3v) is 7.16. The zero-order chi connectivity index (χ0) is 27.4. The van der Waals surface area contributed by atoms with Gasteiger partial charge in [0.15, 0.2) is 5.76 Å². The number of hydrogen-bond acceptors (Lipinski definition) is 6. The van der Waals surface area contributed by atoms with Crippen molar-refractivity contribution in [2.45, 2.75) is 46.4 Å². The SMILES string of the molecule is Cc1noc(C)c1NC(=O)N(C)C[C@H]1OCc2ccccc2-c2ccccc2C(=O)N([C@H](C)CO)C[C@@H]1C. The van der Waals surface area contributed by atoms with Crippen molar-refractivity contribution in [1.82, 2.24) is 15.0 Å². The molecule has 3 aromatic rings. The highest BCUT2D eigenvalue weighted by atomic mass is 16.5. The highest BCUT2D eigenvalue weighted by Gasteiger charge is 2.31. The van der Waals surface area contributed by atoms with E-state index in [0.29, 0.717) is 42.4 Å². The molecule has 1 aromatic heterocycles. The van der Waals surface area contributed by atoms with Gasteiger partial charge >= 0.3 is 6.03 Å². The number of rotatable bonds is 5. The molecule has 1 aliphatic rings. The average Bonchev–Trinajstić information content (AvgIpc) is 3.24. The number of amides is 3. The number of aliphatic hydroxyl groups excluding tert-OH is 1. The summed E-state index contributed by atoms with van der Waals surface area (Å²) in [6.45, 7) is 8.16. The minimum absolute atomic E-state index is 0.139. The van der Waals surface area contributed by atoms with E-state index in [1.165, 1.54) is 0 Å². The molecule has 38 heavy (non-hydrogen) atoms. The fourth-order valence-electron chi connectivity index (χ4n) is 4.77. The van der Waals surface area contributed by atoms with Gasteiger partial charge in [0.1, 0.15) is 11.4 Å². The predicted molar refractivity (Wildman–Crippen MR) is 145 cm³/mol. The van der Waals surface area contributed by atoms with Gasteiger partial charge in [-0.15, -0.1) is 0 Å². The van der Waals surface area contributed by atoms with Gasteiger partial charge in [0.2, 0.25) is 0 Å². The number of carbonyl (C=O) groups excluding carboxylic acids is 2. The lowest BCUT2D eigenvalue weighted by Crippen LogP contribution is -2.48. The average molecular weight is 521 g/mol. The van der Waals surface area contributed by atoms with Crippen molar-refractivity contribution in [2.75, 3.05) is 32.1 Å². The molecule has 2 N–H and O–H groups in total. The summed E-state index contributed by atoms with van der Waals surface area (Å²) in [5.74, 6) is 0.251. The van der Waals surface area contributed by atoms with Crippen LogP contribution in [0.5, 0.6) is 0 Å². The number of urea groups is 1. The summed E-state index contributed by atoms with van der Waals surface area (Å²) in [7, 11) is 1.71. The Morgan fingerprint density at radius 3 is 2.47 bits per heavy atom. The quantitative estimate of drug-likeness (QED) is 0.514. The van der Waals surface area contributed by atoms with Crippen LogP contribution >= 0.6 is 0 Å². The number of aromatic nitrogens is 1. The maximum atomic E-state index is 13.9. The highest BCUT2D eigenvalue weighted by Crippen LogP contribution is 2.31. The third kappa shape index (κ3) is 5.74. The van der Waals surface area contributed by atoms with E-state index in [9.17, 15) is 14.7 Å². The van der Waals surface area contributed by atoms with Gasteiger partial charge in [-0.3, -0.25) is 4.79 Å². The molecule has 3 amide bonds. The van der Waals surface area contributed by atoms with E-state index in [4.69, 9.17) is 9.26 Å². The Hall–Kier alpha value is -3.69. The van der Waals surface area contributed by atoms with Crippen molar-refractivity contribution in [3.8, 4) is 11.1 Å². The Bertz CT molecular complexity index is 1270. The van der Waals surface area contributed by atoms with E-state index in [0.717, 1.165) is 16.7 Å². The molecule has 2 aromatic carbocycles. The topological polar surface area (TPSA) is 108 Å². The molecule has 9 heteroatoms. The van der Waals surface area contributed by atoms with Crippen LogP contribution in [-0.4, -0.2) is 70.9 Å². The van der Waals surface area contributed by atoms with Gasteiger partial charge < -0.3 is 29.5 Å². The number of benzene rings is 2. The molecule has 1 aliphatic heterocycles. The summed E-state index contributed by atoms with van der Waals surface area (Å²) >= 11 is 0. The number of aliphatic hydroxyl groups is 1. The first kappa shape index (κ1) is 27.3. The second-order valence-electron chi connectivity index (χ2n) is 10.0. The first-order chi connectivity index (χ1) is 18.2. The smallest absolute Gasteiger partial charge is 0.321 e. The molecule has 0 spiro atoms. The van der Waals surface area contributed by atoms with Crippen molar-refractivity contribution < 1.29 is 24.0 Å². The van der Waals surface area contributed by atoms with Gasteiger partial charge in [-0.25, -0.2) is 4.79 Å². The zero-order valence-corrected chi connectivity index (χ0v) is 22.6. The largest absolute Gasteiger partial charge is 0.394 e. The van der Waals surface area contributed by atoms with Gasteiger partial charge in [-0.05, 0) is 43.5 Å². The first-order valence-corrected chi connectivity index (χ1v) is 12.9. The number of ether oxygens (including phenoxy) is 1. The van der Waals surface area contributed by atoms with E-state index < -0.39 is 6.04 Å². The second kappa shape index (κ2) is 11.8. The van der Waals surface area contributed by atoms with Gasteiger partial charge in [-0.1, -0.05) is 54.5 Å². The molecule has 0 aliphatic carbocycles. The van der Waals surface area contributed by atoms with Crippen LogP contribution in [0.2, 0.25) is 0 Å². The van der Waals surface area contributed by atoms with Crippen LogP contribution in [0, 0.1) is 19.8 Å². The molecule has 0 unspecified atom stereocenters. The molecule has 0 fully saturated rings. The number of anilines is 1. The Morgan fingerprint density at radius 2 is 1.82 bits per heavy atom. The fourth-order valence-corrected chi connectivity index (χ4v) is 4.77. The molecule has 2 heterocycles. The number of fused-ring (bicyclic) bond motifs is 3. The van der Waals surface area contributed by atoms with Gasteiger partial charge in [0.25, 0.3) is 5.91 Å². The van der Waals surface area contributed by atoms with Gasteiger partial charge in [0, 0.05) is 31.6 Å². The summed E-state index contributed by atoms with van der Waals surface area (Å²) in [4.78, 5) is 30.2. The molecule has 0 saturated carbocycles. The fraction of sp³-hybridized carbons (Fsp3) is 0.414. The van der Waals surface area contributed by atoms with Crippen LogP contribution in [0.25, 0.3) is 11.1 Å². The highest BCUT2D eigenvalue weighted by molar-refractivity contribution is 6.01. The van der Waals surface area contributed by atoms with E-state index in [1.807, 2.05) is 62.4 Å². The van der Waals surface area contributed by atoms with Crippen LogP contribution in [0.4, 0.5) is 10.5 Å². The normalized spacial score (nSPS) is 18.7. The van der Waals surface area contributed by atoms with Crippen molar-refractivity contribution in [3.05, 3.63) is 71.1 Å². The van der Waals surface area contributed by atoms with E-state index >= 15 is 0 Å². The Morgan fingerprint density at radius 1 is 1.16 bits per heavy atom. The van der Waals surface area contributed by atoms with Crippen LogP contribution in [0.1, 0.15) is 41.2 Å². The van der Waals surface area contributed by atoms with Crippen LogP contribution in [0.15, 0.2) is 53.1 Å². The Kier molecular flexibility index (Phi) is 8.48. The molecule has 4 rings (SSSR count). The van der Waals surface area contributed by atoms with Crippen molar-refractivity contribution in [2.24, 2.45) is 5.92 Å². The van der Waals surface area contributed by atoms with Gasteiger partial charge in [0.05, 0.1) is 25.4 Å². The van der Waals surface area contributed by atoms with E-state index in [2.05, 4.69) is 10.5 Å². The number of carbonyl (C=O) groups is 2. The Labute approximate surface area is 223 Å². The number of nitrogens with zero attached hydrogens (tertiary/aromatic N) is 3. The summed E-state index contributed by atoms with van der Waals surface area (Å²) in [6.07, 6.45) is -0.383. The summed E-state index contributed by atoms with van der Waals surface area (Å²) in [5.41, 5.74) is 4.45. The number of nitrogens with one attached hydrogen (secondary N) is 1. The second-order valence-corrected chi connectivity index (χ2v) is 10.0. The molecule has 3 atom stereocenters. The molecule has 202 valence electrons. The maximum Gasteiger partial charge on any atom is 0.321 e. The zero-order valence-electron chi connectivity index (χ0n) is 22.6. The monoisotopic (exact) mass is 520 g/mol. The van der Waals surface area contributed by atoms with Crippen LogP contribution in [-0.2, 0) is 11.3 Å². The molecule has 0 bridgehead atoms. The third-order valence-electron chi connectivity index (χ3n) is 7.16. The lowest BCUT2D eigenvalue weighted by atomic mass is 9.94.